The molecule has 2 nitrogen and oxygen atoms in total. The van der Waals surface area contributed by atoms with Crippen LogP contribution in [-0.2, 0) is 10.2 Å². The van der Waals surface area contributed by atoms with Crippen LogP contribution in [0.3, 0.4) is 0 Å². The molecule has 0 aliphatic rings. The monoisotopic (exact) mass is 608 g/mol. The van der Waals surface area contributed by atoms with Gasteiger partial charge in [-0.25, -0.2) is 0 Å². The Morgan fingerprint density at radius 2 is 0.681 bits per heavy atom. The molecule has 0 saturated carbocycles. The van der Waals surface area contributed by atoms with Crippen LogP contribution in [-0.4, -0.2) is 11.6 Å². The van der Waals surface area contributed by atoms with Gasteiger partial charge >= 0.3 is 0 Å². The smallest absolute Gasteiger partial charge is 0.290 e. The van der Waals surface area contributed by atoms with Crippen molar-refractivity contribution < 1.29 is 9.90 Å². The summed E-state index contributed by atoms with van der Waals surface area (Å²) in [7, 11) is 0. The van der Waals surface area contributed by atoms with Gasteiger partial charge in [0.05, 0.1) is 0 Å². The van der Waals surface area contributed by atoms with Gasteiger partial charge in [-0.3, -0.25) is 4.79 Å². The van der Waals surface area contributed by atoms with Gasteiger partial charge in [0.2, 0.25) is 0 Å². The molecule has 0 aliphatic heterocycles. The zero-order valence-corrected chi connectivity index (χ0v) is 26.9. The summed E-state index contributed by atoms with van der Waals surface area (Å²) >= 11 is 0. The molecule has 0 bridgehead atoms. The molecule has 8 rings (SSSR count). The molecule has 0 aromatic heterocycles. The van der Waals surface area contributed by atoms with Crippen LogP contribution in [0.2, 0.25) is 0 Å². The predicted molar refractivity (Wildman–Crippen MR) is 199 cm³/mol. The lowest BCUT2D eigenvalue weighted by Crippen LogP contribution is -2.11. The first-order valence-corrected chi connectivity index (χ1v) is 16.0. The van der Waals surface area contributed by atoms with Crippen molar-refractivity contribution in [3.8, 4) is 44.5 Å². The van der Waals surface area contributed by atoms with E-state index in [1.807, 2.05) is 0 Å². The molecule has 47 heavy (non-hydrogen) atoms. The molecule has 0 unspecified atom stereocenters. The second-order valence-corrected chi connectivity index (χ2v) is 13.1. The van der Waals surface area contributed by atoms with Crippen molar-refractivity contribution in [3.05, 3.63) is 157 Å². The Morgan fingerprint density at radius 1 is 0.426 bits per heavy atom. The van der Waals surface area contributed by atoms with E-state index in [4.69, 9.17) is 9.90 Å². The van der Waals surface area contributed by atoms with Gasteiger partial charge in [0.1, 0.15) is 0 Å². The molecule has 0 atom stereocenters. The standard InChI is InChI=1S/C44H34.CH2O2/c1-44(2,3)33-24-38-36(31-20-12-6-13-21-31)27-40-34(29-16-8-4-9-17-29)26-35(30-18-10-5-11-19-30)41-28-37(32-22-14-7-15-23-32)39(25-33)42(38)43(40)41;2-1-3/h4-28H,1-3H3;1H,(H,2,3). The maximum absolute atomic E-state index is 8.36. The minimum Gasteiger partial charge on any atom is -0.483 e. The second kappa shape index (κ2) is 12.2. The van der Waals surface area contributed by atoms with E-state index in [-0.39, 0.29) is 11.9 Å². The third kappa shape index (κ3) is 5.42. The highest BCUT2D eigenvalue weighted by molar-refractivity contribution is 6.33. The molecule has 0 fully saturated rings. The molecular formula is C45H36O2. The number of carbonyl (C=O) groups is 1. The van der Waals surface area contributed by atoms with Gasteiger partial charge in [0, 0.05) is 0 Å². The minimum absolute atomic E-state index is 0.00321. The van der Waals surface area contributed by atoms with Crippen molar-refractivity contribution in [1.82, 2.24) is 0 Å². The molecule has 0 radical (unpaired) electrons. The Balaban J connectivity index is 0.00000113. The molecule has 0 saturated heterocycles. The first-order chi connectivity index (χ1) is 22.9. The summed E-state index contributed by atoms with van der Waals surface area (Å²) in [6, 6.07) is 55.9. The Morgan fingerprint density at radius 3 is 0.957 bits per heavy atom. The number of hydrogen-bond acceptors (Lipinski definition) is 1. The van der Waals surface area contributed by atoms with Crippen molar-refractivity contribution in [2.45, 2.75) is 26.2 Å². The zero-order valence-electron chi connectivity index (χ0n) is 26.9. The van der Waals surface area contributed by atoms with Crippen molar-refractivity contribution >= 4 is 38.8 Å². The fraction of sp³-hybridized carbons (Fsp3) is 0.0889. The summed E-state index contributed by atoms with van der Waals surface area (Å²) in [5.74, 6) is 0. The SMILES string of the molecule is CC(C)(C)c1cc2c(-c3ccccc3)cc3c(-c4ccccc4)cc(-c4ccccc4)c4cc(-c5ccccc5)c(c1)c2c34.O=CO. The van der Waals surface area contributed by atoms with Crippen molar-refractivity contribution in [3.63, 3.8) is 0 Å². The van der Waals surface area contributed by atoms with Crippen LogP contribution in [0.1, 0.15) is 26.3 Å². The molecule has 0 spiro atoms. The van der Waals surface area contributed by atoms with E-state index in [0.717, 1.165) is 0 Å². The summed E-state index contributed by atoms with van der Waals surface area (Å²) in [4.78, 5) is 8.36. The summed E-state index contributed by atoms with van der Waals surface area (Å²) in [5, 5.41) is 14.8. The summed E-state index contributed by atoms with van der Waals surface area (Å²) < 4.78 is 0. The van der Waals surface area contributed by atoms with E-state index < -0.39 is 0 Å². The van der Waals surface area contributed by atoms with Gasteiger partial charge in [-0.2, -0.15) is 0 Å². The lowest BCUT2D eigenvalue weighted by Gasteiger charge is -2.26. The third-order valence-electron chi connectivity index (χ3n) is 9.16. The van der Waals surface area contributed by atoms with Crippen LogP contribution in [0.25, 0.3) is 76.8 Å². The van der Waals surface area contributed by atoms with Gasteiger partial charge in [-0.1, -0.05) is 142 Å². The predicted octanol–water partition coefficient (Wildman–Crippen LogP) is 12.3. The van der Waals surface area contributed by atoms with Crippen LogP contribution in [0.15, 0.2) is 152 Å². The van der Waals surface area contributed by atoms with Crippen molar-refractivity contribution in [1.29, 1.82) is 0 Å². The van der Waals surface area contributed by atoms with Crippen LogP contribution in [0, 0.1) is 0 Å². The number of benzene rings is 8. The fourth-order valence-corrected chi connectivity index (χ4v) is 6.92. The lowest BCUT2D eigenvalue weighted by molar-refractivity contribution is -0.122. The van der Waals surface area contributed by atoms with Crippen molar-refractivity contribution in [2.24, 2.45) is 0 Å². The first-order valence-electron chi connectivity index (χ1n) is 16.0. The minimum atomic E-state index is -0.250. The zero-order chi connectivity index (χ0) is 32.5. The Labute approximate surface area is 275 Å². The summed E-state index contributed by atoms with van der Waals surface area (Å²) in [6.45, 7) is 6.72. The van der Waals surface area contributed by atoms with Gasteiger partial charge in [0.25, 0.3) is 6.47 Å². The quantitative estimate of drug-likeness (QED) is 0.159. The average molecular weight is 609 g/mol. The van der Waals surface area contributed by atoms with Crippen LogP contribution in [0.4, 0.5) is 0 Å². The third-order valence-corrected chi connectivity index (χ3v) is 9.16. The fourth-order valence-electron chi connectivity index (χ4n) is 6.92. The molecule has 8 aromatic rings. The normalized spacial score (nSPS) is 11.5. The number of carboxylic acid groups (broad SMARTS) is 1. The van der Waals surface area contributed by atoms with Gasteiger partial charge < -0.3 is 5.11 Å². The lowest BCUT2D eigenvalue weighted by atomic mass is 9.78. The molecular weight excluding hydrogens is 572 g/mol. The number of rotatable bonds is 4. The molecule has 228 valence electrons. The van der Waals surface area contributed by atoms with E-state index in [1.165, 1.54) is 82.4 Å². The van der Waals surface area contributed by atoms with E-state index in [0.29, 0.717) is 0 Å². The van der Waals surface area contributed by atoms with Crippen LogP contribution >= 0.6 is 0 Å². The highest BCUT2D eigenvalue weighted by Gasteiger charge is 2.24. The maximum Gasteiger partial charge on any atom is 0.290 e. The number of hydrogen-bond donors (Lipinski definition) is 1. The highest BCUT2D eigenvalue weighted by atomic mass is 16.3. The van der Waals surface area contributed by atoms with Gasteiger partial charge in [-0.05, 0) is 118 Å². The molecule has 8 aromatic carbocycles. The summed E-state index contributed by atoms with van der Waals surface area (Å²) in [6.07, 6.45) is 0. The molecule has 0 amide bonds. The second-order valence-electron chi connectivity index (χ2n) is 13.1. The topological polar surface area (TPSA) is 37.3 Å². The Hall–Kier alpha value is -5.73. The molecule has 1 N–H and O–H groups in total. The first kappa shape index (κ1) is 30.0. The van der Waals surface area contributed by atoms with Crippen LogP contribution < -0.4 is 0 Å². The maximum atomic E-state index is 8.36. The molecule has 0 aliphatic carbocycles. The van der Waals surface area contributed by atoms with Gasteiger partial charge in [0.15, 0.2) is 0 Å². The summed E-state index contributed by atoms with van der Waals surface area (Å²) in [5.41, 5.74) is 11.4. The van der Waals surface area contributed by atoms with E-state index in [2.05, 4.69) is 172 Å². The highest BCUT2D eigenvalue weighted by Crippen LogP contribution is 2.50. The van der Waals surface area contributed by atoms with E-state index >= 15 is 0 Å². The van der Waals surface area contributed by atoms with Crippen LogP contribution in [0.5, 0.6) is 0 Å². The largest absolute Gasteiger partial charge is 0.483 e. The Bertz CT molecular complexity index is 2170. The molecule has 0 heterocycles. The Kier molecular flexibility index (Phi) is 7.79. The molecule has 2 heteroatoms. The van der Waals surface area contributed by atoms with E-state index in [1.54, 1.807) is 0 Å². The van der Waals surface area contributed by atoms with E-state index in [9.17, 15) is 0 Å². The van der Waals surface area contributed by atoms with Crippen molar-refractivity contribution in [2.75, 3.05) is 0 Å². The van der Waals surface area contributed by atoms with Gasteiger partial charge in [-0.15, -0.1) is 0 Å². The average Bonchev–Trinajstić information content (AvgIpc) is 3.11.